The van der Waals surface area contributed by atoms with Gasteiger partial charge in [-0.1, -0.05) is 19.9 Å². The van der Waals surface area contributed by atoms with Crippen molar-refractivity contribution in [3.63, 3.8) is 0 Å². The standard InChI is InChI=1S/C26H29Cl2F3O5S/c1-12-6-14-15-8-18(30)16-7-13(32)4-5-22(16,2)25(15,31)19(33)10-23(14,3)26(12,21(35)37-11-29)36-20(34)17-9-24(17,27)28/h4-5,7,12,14-15,17-19,33H,6,8-11H2,1-3H3/t12-,14+,15+,17?,18+,19+,22+,23+,25+,26+/m1/s1. The highest BCUT2D eigenvalue weighted by Gasteiger charge is 2.78. The average Bonchev–Trinajstić information content (AvgIpc) is 3.40. The number of thioether (sulfide) groups is 1. The topological polar surface area (TPSA) is 80.7 Å². The summed E-state index contributed by atoms with van der Waals surface area (Å²) in [6.07, 6.45) is -0.00107. The number of aliphatic hydroxyl groups excluding tert-OH is 1. The second-order valence-corrected chi connectivity index (χ2v) is 14.1. The number of allylic oxidation sites excluding steroid dienone is 4. The number of rotatable bonds is 4. The molecule has 1 unspecified atom stereocenters. The third-order valence-corrected chi connectivity index (χ3v) is 11.5. The lowest BCUT2D eigenvalue weighted by Gasteiger charge is -2.63. The Bertz CT molecular complexity index is 1130. The number of hydrogen-bond donors (Lipinski definition) is 1. The normalized spacial score (nSPS) is 49.4. The van der Waals surface area contributed by atoms with E-state index < -0.39 is 85.3 Å². The van der Waals surface area contributed by atoms with Gasteiger partial charge in [0.15, 0.2) is 17.1 Å². The van der Waals surface area contributed by atoms with Gasteiger partial charge in [0.2, 0.25) is 5.12 Å². The van der Waals surface area contributed by atoms with E-state index in [1.165, 1.54) is 19.1 Å². The molecule has 37 heavy (non-hydrogen) atoms. The molecule has 0 heterocycles. The SMILES string of the molecule is C[C@@H]1C[C@H]2[C@@H]3C[C@H](F)C4=CC(=O)C=C[C@]4(C)[C@@]3(F)[C@@H](O)C[C@]2(C)[C@@]1(OC(=O)C1CC1(Cl)Cl)C(=O)SCF. The molecule has 0 amide bonds. The molecule has 0 spiro atoms. The third-order valence-electron chi connectivity index (χ3n) is 10.0. The van der Waals surface area contributed by atoms with Gasteiger partial charge in [0.05, 0.1) is 12.0 Å². The van der Waals surface area contributed by atoms with Crippen LogP contribution in [0.5, 0.6) is 0 Å². The monoisotopic (exact) mass is 580 g/mol. The molecule has 0 aromatic heterocycles. The van der Waals surface area contributed by atoms with Gasteiger partial charge in [0, 0.05) is 22.7 Å². The lowest BCUT2D eigenvalue weighted by atomic mass is 9.44. The Labute approximate surface area is 227 Å². The van der Waals surface area contributed by atoms with Gasteiger partial charge in [0.25, 0.3) is 0 Å². The first-order chi connectivity index (χ1) is 17.1. The minimum absolute atomic E-state index is 0.0106. The maximum Gasteiger partial charge on any atom is 0.313 e. The van der Waals surface area contributed by atoms with Gasteiger partial charge in [-0.15, -0.1) is 23.2 Å². The molecule has 0 aromatic rings. The maximum absolute atomic E-state index is 17.4. The molecule has 5 aliphatic rings. The molecule has 11 heteroatoms. The zero-order chi connectivity index (χ0) is 27.3. The minimum atomic E-state index is -2.35. The van der Waals surface area contributed by atoms with Gasteiger partial charge in [-0.25, -0.2) is 13.2 Å². The fraction of sp³-hybridized carbons (Fsp3) is 0.731. The fourth-order valence-electron chi connectivity index (χ4n) is 8.07. The van der Waals surface area contributed by atoms with Crippen LogP contribution >= 0.6 is 35.0 Å². The van der Waals surface area contributed by atoms with Crippen molar-refractivity contribution in [3.8, 4) is 0 Å². The van der Waals surface area contributed by atoms with Crippen molar-refractivity contribution >= 4 is 51.8 Å². The summed E-state index contributed by atoms with van der Waals surface area (Å²) in [5.41, 5.74) is -7.18. The zero-order valence-electron chi connectivity index (χ0n) is 20.6. The van der Waals surface area contributed by atoms with Crippen molar-refractivity contribution < 1.29 is 37.4 Å². The Kier molecular flexibility index (Phi) is 6.31. The Hall–Kier alpha value is -1.03. The quantitative estimate of drug-likeness (QED) is 0.363. The van der Waals surface area contributed by atoms with E-state index in [1.807, 2.05) is 0 Å². The van der Waals surface area contributed by atoms with Gasteiger partial charge in [-0.3, -0.25) is 14.4 Å². The van der Waals surface area contributed by atoms with Crippen LogP contribution in [0.15, 0.2) is 23.8 Å². The Morgan fingerprint density at radius 1 is 1.22 bits per heavy atom. The summed E-state index contributed by atoms with van der Waals surface area (Å²) >= 11 is 12.5. The van der Waals surface area contributed by atoms with Crippen LogP contribution < -0.4 is 0 Å². The third kappa shape index (κ3) is 3.45. The molecule has 0 aromatic carbocycles. The number of carbonyl (C=O) groups is 3. The van der Waals surface area contributed by atoms with Crippen LogP contribution in [0.25, 0.3) is 0 Å². The van der Waals surface area contributed by atoms with Crippen LogP contribution in [0.2, 0.25) is 0 Å². The highest BCUT2D eigenvalue weighted by molar-refractivity contribution is 8.13. The number of hydrogen-bond acceptors (Lipinski definition) is 6. The Morgan fingerprint density at radius 3 is 2.46 bits per heavy atom. The van der Waals surface area contributed by atoms with Crippen molar-refractivity contribution in [1.29, 1.82) is 0 Å². The summed E-state index contributed by atoms with van der Waals surface area (Å²) in [5, 5.41) is 10.7. The van der Waals surface area contributed by atoms with Crippen LogP contribution in [-0.4, -0.2) is 55.9 Å². The van der Waals surface area contributed by atoms with Crippen molar-refractivity contribution in [2.24, 2.45) is 34.5 Å². The number of carbonyl (C=O) groups excluding carboxylic acids is 3. The van der Waals surface area contributed by atoms with Crippen LogP contribution in [0, 0.1) is 34.5 Å². The number of halogens is 5. The molecule has 204 valence electrons. The second-order valence-electron chi connectivity index (χ2n) is 11.7. The molecule has 5 rings (SSSR count). The van der Waals surface area contributed by atoms with E-state index >= 15 is 8.78 Å². The first-order valence-electron chi connectivity index (χ1n) is 12.4. The number of ketones is 1. The number of aliphatic hydroxyl groups is 1. The van der Waals surface area contributed by atoms with Crippen LogP contribution in [-0.2, 0) is 19.1 Å². The first-order valence-corrected chi connectivity index (χ1v) is 14.1. The molecule has 10 atom stereocenters. The van der Waals surface area contributed by atoms with E-state index in [0.717, 1.165) is 6.08 Å². The molecule has 5 aliphatic carbocycles. The number of fused-ring (bicyclic) bond motifs is 5. The molecule has 0 bridgehead atoms. The van der Waals surface area contributed by atoms with Crippen molar-refractivity contribution in [1.82, 2.24) is 0 Å². The molecule has 5 nitrogen and oxygen atoms in total. The molecular formula is C26H29Cl2F3O5S. The van der Waals surface area contributed by atoms with Crippen LogP contribution in [0.4, 0.5) is 13.2 Å². The predicted octanol–water partition coefficient (Wildman–Crippen LogP) is 5.21. The van der Waals surface area contributed by atoms with Crippen molar-refractivity contribution in [3.05, 3.63) is 23.8 Å². The van der Waals surface area contributed by atoms with E-state index in [-0.39, 0.29) is 31.3 Å². The first kappa shape index (κ1) is 27.5. The number of alkyl halides is 5. The summed E-state index contributed by atoms with van der Waals surface area (Å²) in [6.45, 7) is 4.79. The van der Waals surface area contributed by atoms with Gasteiger partial charge in [0.1, 0.15) is 16.5 Å². The summed E-state index contributed by atoms with van der Waals surface area (Å²) in [5.74, 6) is -4.57. The predicted molar refractivity (Wildman–Crippen MR) is 133 cm³/mol. The summed E-state index contributed by atoms with van der Waals surface area (Å²) in [6, 6.07) is -1.07. The second kappa shape index (κ2) is 8.48. The number of esters is 1. The molecule has 4 fully saturated rings. The average molecular weight is 581 g/mol. The lowest BCUT2D eigenvalue weighted by Crippen LogP contribution is -2.70. The van der Waals surface area contributed by atoms with Crippen LogP contribution in [0.1, 0.15) is 46.5 Å². The van der Waals surface area contributed by atoms with Gasteiger partial charge >= 0.3 is 5.97 Å². The van der Waals surface area contributed by atoms with E-state index in [1.54, 1.807) is 13.8 Å². The summed E-state index contributed by atoms with van der Waals surface area (Å²) < 4.78 is 51.1. The fourth-order valence-corrected chi connectivity index (χ4v) is 9.35. The van der Waals surface area contributed by atoms with Gasteiger partial charge in [-0.2, -0.15) is 0 Å². The van der Waals surface area contributed by atoms with Crippen LogP contribution in [0.3, 0.4) is 0 Å². The van der Waals surface area contributed by atoms with E-state index in [0.29, 0.717) is 11.8 Å². The Balaban J connectivity index is 1.61. The van der Waals surface area contributed by atoms with Gasteiger partial charge < -0.3 is 9.84 Å². The van der Waals surface area contributed by atoms with E-state index in [4.69, 9.17) is 27.9 Å². The minimum Gasteiger partial charge on any atom is -0.449 e. The summed E-state index contributed by atoms with van der Waals surface area (Å²) in [7, 11) is 0. The van der Waals surface area contributed by atoms with Crippen molar-refractivity contribution in [2.75, 3.05) is 6.01 Å². The highest BCUT2D eigenvalue weighted by atomic mass is 35.5. The Morgan fingerprint density at radius 2 is 1.86 bits per heavy atom. The summed E-state index contributed by atoms with van der Waals surface area (Å²) in [4.78, 5) is 38.7. The molecule has 1 N–H and O–H groups in total. The lowest BCUT2D eigenvalue weighted by molar-refractivity contribution is -0.229. The van der Waals surface area contributed by atoms with Crippen molar-refractivity contribution in [2.45, 2.75) is 74.3 Å². The largest absolute Gasteiger partial charge is 0.449 e. The van der Waals surface area contributed by atoms with E-state index in [2.05, 4.69) is 0 Å². The molecule has 0 aliphatic heterocycles. The molecular weight excluding hydrogens is 552 g/mol. The maximum atomic E-state index is 17.4. The smallest absolute Gasteiger partial charge is 0.313 e. The molecule has 0 radical (unpaired) electrons. The van der Waals surface area contributed by atoms with Gasteiger partial charge in [-0.05, 0) is 68.0 Å². The highest BCUT2D eigenvalue weighted by Crippen LogP contribution is 2.72. The molecule has 4 saturated carbocycles. The zero-order valence-corrected chi connectivity index (χ0v) is 22.9. The van der Waals surface area contributed by atoms with E-state index in [9.17, 15) is 23.9 Å². The number of ether oxygens (including phenoxy) is 1. The molecule has 0 saturated heterocycles.